The third-order valence-electron chi connectivity index (χ3n) is 2.31. The van der Waals surface area contributed by atoms with Crippen LogP contribution in [0.5, 0.6) is 0 Å². The van der Waals surface area contributed by atoms with Crippen molar-refractivity contribution in [3.63, 3.8) is 0 Å². The maximum Gasteiger partial charge on any atom is 0.338 e. The topological polar surface area (TPSA) is 69.4 Å². The lowest BCUT2D eigenvalue weighted by Crippen LogP contribution is -2.05. The standard InChI is InChI=1S/C12H8ClNO4S/c13-10-6-8(3-4-11(10)14(16)17)12(15)18-7-9-2-1-5-19-9/h1-6H,7H2. The fraction of sp³-hybridized carbons (Fsp3) is 0.0833. The van der Waals surface area contributed by atoms with Gasteiger partial charge in [-0.3, -0.25) is 10.1 Å². The molecule has 0 fully saturated rings. The third-order valence-corrected chi connectivity index (χ3v) is 3.46. The molecule has 98 valence electrons. The van der Waals surface area contributed by atoms with Crippen molar-refractivity contribution in [1.82, 2.24) is 0 Å². The van der Waals surface area contributed by atoms with Crippen molar-refractivity contribution in [3.05, 3.63) is 61.3 Å². The van der Waals surface area contributed by atoms with Gasteiger partial charge in [-0.25, -0.2) is 4.79 Å². The van der Waals surface area contributed by atoms with Gasteiger partial charge in [0.05, 0.1) is 10.5 Å². The molecule has 2 rings (SSSR count). The van der Waals surface area contributed by atoms with Crippen LogP contribution >= 0.6 is 22.9 Å². The molecule has 5 nitrogen and oxygen atoms in total. The fourth-order valence-corrected chi connectivity index (χ4v) is 2.26. The number of ether oxygens (including phenoxy) is 1. The van der Waals surface area contributed by atoms with Gasteiger partial charge in [0.1, 0.15) is 11.6 Å². The summed E-state index contributed by atoms with van der Waals surface area (Å²) in [5.41, 5.74) is -0.0522. The van der Waals surface area contributed by atoms with Gasteiger partial charge in [0.2, 0.25) is 0 Å². The molecule has 0 amide bonds. The molecule has 0 aliphatic rings. The minimum absolute atomic E-state index is 0.0874. The Labute approximate surface area is 117 Å². The Morgan fingerprint density at radius 3 is 2.79 bits per heavy atom. The van der Waals surface area contributed by atoms with E-state index < -0.39 is 10.9 Å². The van der Waals surface area contributed by atoms with Crippen LogP contribution in [0, 0.1) is 10.1 Å². The van der Waals surface area contributed by atoms with Crippen LogP contribution < -0.4 is 0 Å². The van der Waals surface area contributed by atoms with Gasteiger partial charge >= 0.3 is 5.97 Å². The molecule has 0 aliphatic carbocycles. The van der Waals surface area contributed by atoms with Crippen molar-refractivity contribution in [1.29, 1.82) is 0 Å². The molecule has 0 atom stereocenters. The summed E-state index contributed by atoms with van der Waals surface area (Å²) in [6.45, 7) is 0.172. The van der Waals surface area contributed by atoms with E-state index in [1.54, 1.807) is 0 Å². The summed E-state index contributed by atoms with van der Waals surface area (Å²) in [6, 6.07) is 7.44. The number of halogens is 1. The highest BCUT2D eigenvalue weighted by Gasteiger charge is 2.16. The second kappa shape index (κ2) is 5.81. The van der Waals surface area contributed by atoms with Gasteiger partial charge in [-0.15, -0.1) is 11.3 Å². The van der Waals surface area contributed by atoms with Crippen LogP contribution in [0.15, 0.2) is 35.7 Å². The Kier molecular flexibility index (Phi) is 4.13. The highest BCUT2D eigenvalue weighted by molar-refractivity contribution is 7.09. The number of rotatable bonds is 4. The molecule has 19 heavy (non-hydrogen) atoms. The Hall–Kier alpha value is -1.92. The van der Waals surface area contributed by atoms with Gasteiger partial charge in [0.25, 0.3) is 5.69 Å². The number of nitrogens with zero attached hydrogens (tertiary/aromatic N) is 1. The number of benzene rings is 1. The number of hydrogen-bond acceptors (Lipinski definition) is 5. The van der Waals surface area contributed by atoms with Gasteiger partial charge in [-0.05, 0) is 23.6 Å². The summed E-state index contributed by atoms with van der Waals surface area (Å²) in [4.78, 5) is 22.6. The second-order valence-electron chi connectivity index (χ2n) is 3.58. The van der Waals surface area contributed by atoms with Crippen molar-refractivity contribution in [2.45, 2.75) is 6.61 Å². The highest BCUT2D eigenvalue weighted by Crippen LogP contribution is 2.25. The number of thiophene rings is 1. The molecule has 2 aromatic rings. The number of carbonyl (C=O) groups is 1. The van der Waals surface area contributed by atoms with E-state index >= 15 is 0 Å². The molecule has 1 heterocycles. The van der Waals surface area contributed by atoms with Crippen molar-refractivity contribution >= 4 is 34.6 Å². The highest BCUT2D eigenvalue weighted by atomic mass is 35.5. The zero-order valence-corrected chi connectivity index (χ0v) is 11.1. The van der Waals surface area contributed by atoms with E-state index in [4.69, 9.17) is 16.3 Å². The predicted octanol–water partition coefficient (Wildman–Crippen LogP) is 3.67. The van der Waals surface area contributed by atoms with Crippen LogP contribution in [0.4, 0.5) is 5.69 Å². The van der Waals surface area contributed by atoms with Crippen LogP contribution in [-0.4, -0.2) is 10.9 Å². The SMILES string of the molecule is O=C(OCc1cccs1)c1ccc([N+](=O)[O-])c(Cl)c1. The molecule has 7 heteroatoms. The molecule has 0 unspecified atom stereocenters. The first-order chi connectivity index (χ1) is 9.08. The van der Waals surface area contributed by atoms with Gasteiger partial charge in [0.15, 0.2) is 0 Å². The van der Waals surface area contributed by atoms with Crippen LogP contribution in [0.2, 0.25) is 5.02 Å². The number of carbonyl (C=O) groups excluding carboxylic acids is 1. The first kappa shape index (κ1) is 13.5. The van der Waals surface area contributed by atoms with E-state index in [0.29, 0.717) is 0 Å². The van der Waals surface area contributed by atoms with Gasteiger partial charge in [-0.1, -0.05) is 17.7 Å². The quantitative estimate of drug-likeness (QED) is 0.490. The van der Waals surface area contributed by atoms with Crippen molar-refractivity contribution in [3.8, 4) is 0 Å². The van der Waals surface area contributed by atoms with Crippen LogP contribution in [0.3, 0.4) is 0 Å². The smallest absolute Gasteiger partial charge is 0.338 e. The Morgan fingerprint density at radius 2 is 2.21 bits per heavy atom. The molecule has 1 aromatic carbocycles. The maximum absolute atomic E-state index is 11.7. The summed E-state index contributed by atoms with van der Waals surface area (Å²) in [5, 5.41) is 12.4. The Bertz CT molecular complexity index is 612. The molecular formula is C12H8ClNO4S. The molecule has 0 saturated heterocycles. The maximum atomic E-state index is 11.7. The molecule has 0 spiro atoms. The molecule has 0 saturated carbocycles. The van der Waals surface area contributed by atoms with Crippen LogP contribution in [0.1, 0.15) is 15.2 Å². The van der Waals surface area contributed by atoms with E-state index in [9.17, 15) is 14.9 Å². The summed E-state index contributed by atoms with van der Waals surface area (Å²) < 4.78 is 5.07. The summed E-state index contributed by atoms with van der Waals surface area (Å²) in [6.07, 6.45) is 0. The van der Waals surface area contributed by atoms with Crippen LogP contribution in [-0.2, 0) is 11.3 Å². The average Bonchev–Trinajstić information content (AvgIpc) is 2.88. The molecule has 0 aliphatic heterocycles. The molecule has 0 N–H and O–H groups in total. The minimum atomic E-state index is -0.608. The van der Waals surface area contributed by atoms with Gasteiger partial charge < -0.3 is 4.74 Å². The first-order valence-corrected chi connectivity index (χ1v) is 6.47. The largest absolute Gasteiger partial charge is 0.456 e. The zero-order valence-electron chi connectivity index (χ0n) is 9.54. The van der Waals surface area contributed by atoms with Crippen molar-refractivity contribution in [2.24, 2.45) is 0 Å². The van der Waals surface area contributed by atoms with E-state index in [1.807, 2.05) is 17.5 Å². The first-order valence-electron chi connectivity index (χ1n) is 5.21. The number of nitro benzene ring substituents is 1. The molecule has 1 aromatic heterocycles. The normalized spacial score (nSPS) is 10.2. The van der Waals surface area contributed by atoms with Gasteiger partial charge in [-0.2, -0.15) is 0 Å². The van der Waals surface area contributed by atoms with Crippen molar-refractivity contribution < 1.29 is 14.5 Å². The third kappa shape index (κ3) is 3.30. The summed E-state index contributed by atoms with van der Waals surface area (Å²) in [7, 11) is 0. The molecule has 0 bridgehead atoms. The number of esters is 1. The second-order valence-corrected chi connectivity index (χ2v) is 5.02. The van der Waals surface area contributed by atoms with Gasteiger partial charge in [0, 0.05) is 10.9 Å². The fourth-order valence-electron chi connectivity index (χ4n) is 1.40. The summed E-state index contributed by atoms with van der Waals surface area (Å²) in [5.74, 6) is -0.565. The zero-order chi connectivity index (χ0) is 13.8. The number of nitro groups is 1. The monoisotopic (exact) mass is 297 g/mol. The predicted molar refractivity (Wildman–Crippen MR) is 71.5 cm³/mol. The Balaban J connectivity index is 2.07. The average molecular weight is 298 g/mol. The van der Waals surface area contributed by atoms with Crippen LogP contribution in [0.25, 0.3) is 0 Å². The number of hydrogen-bond donors (Lipinski definition) is 0. The van der Waals surface area contributed by atoms with E-state index in [0.717, 1.165) is 4.88 Å². The minimum Gasteiger partial charge on any atom is -0.456 e. The summed E-state index contributed by atoms with van der Waals surface area (Å²) >= 11 is 7.20. The lowest BCUT2D eigenvalue weighted by atomic mass is 10.2. The Morgan fingerprint density at radius 1 is 1.42 bits per heavy atom. The molecule has 0 radical (unpaired) electrons. The van der Waals surface area contributed by atoms with E-state index in [2.05, 4.69) is 0 Å². The molecular weight excluding hydrogens is 290 g/mol. The van der Waals surface area contributed by atoms with Crippen molar-refractivity contribution in [2.75, 3.05) is 0 Å². The van der Waals surface area contributed by atoms with E-state index in [1.165, 1.54) is 29.5 Å². The lowest BCUT2D eigenvalue weighted by molar-refractivity contribution is -0.384. The van der Waals surface area contributed by atoms with E-state index in [-0.39, 0.29) is 22.9 Å². The lowest BCUT2D eigenvalue weighted by Gasteiger charge is -2.03.